The zero-order valence-corrected chi connectivity index (χ0v) is 17.5. The summed E-state index contributed by atoms with van der Waals surface area (Å²) in [7, 11) is 0. The maximum atomic E-state index is 12.9. The number of rotatable bonds is 2. The van der Waals surface area contributed by atoms with Gasteiger partial charge >= 0.3 is 0 Å². The van der Waals surface area contributed by atoms with Gasteiger partial charge in [-0.3, -0.25) is 4.79 Å². The van der Waals surface area contributed by atoms with Crippen molar-refractivity contribution in [2.45, 2.75) is 20.0 Å². The van der Waals surface area contributed by atoms with E-state index in [4.69, 9.17) is 21.7 Å². The van der Waals surface area contributed by atoms with Crippen molar-refractivity contribution in [1.29, 1.82) is 0 Å². The van der Waals surface area contributed by atoms with E-state index < -0.39 is 6.10 Å². The number of nitrogens with one attached hydrogen (secondary N) is 1. The predicted molar refractivity (Wildman–Crippen MR) is 117 cm³/mol. The highest BCUT2D eigenvalue weighted by Crippen LogP contribution is 2.31. The molecule has 0 aromatic heterocycles. The Labute approximate surface area is 176 Å². The summed E-state index contributed by atoms with van der Waals surface area (Å²) in [5.74, 6) is 1.27. The molecule has 2 aromatic rings. The fraction of sp³-hybridized carbons (Fsp3) is 0.364. The highest BCUT2D eigenvalue weighted by atomic mass is 32.1. The maximum Gasteiger partial charge on any atom is 0.267 e. The third-order valence-corrected chi connectivity index (χ3v) is 5.65. The molecule has 6 nitrogen and oxygen atoms in total. The number of carbonyl (C=O) groups is 1. The molecule has 1 atom stereocenters. The number of benzene rings is 2. The zero-order valence-electron chi connectivity index (χ0n) is 16.7. The van der Waals surface area contributed by atoms with Crippen LogP contribution in [0.4, 0.5) is 5.69 Å². The number of carbonyl (C=O) groups excluding carboxylic acids is 1. The van der Waals surface area contributed by atoms with E-state index in [0.717, 1.165) is 11.3 Å². The van der Waals surface area contributed by atoms with Gasteiger partial charge in [0.2, 0.25) is 6.10 Å². The molecule has 7 heteroatoms. The van der Waals surface area contributed by atoms with Crippen molar-refractivity contribution < 1.29 is 14.3 Å². The fourth-order valence-corrected chi connectivity index (χ4v) is 3.92. The first kappa shape index (κ1) is 19.5. The van der Waals surface area contributed by atoms with Crippen LogP contribution in [0.15, 0.2) is 42.5 Å². The molecule has 4 rings (SSSR count). The second kappa shape index (κ2) is 8.29. The number of piperazine rings is 1. The van der Waals surface area contributed by atoms with E-state index in [1.54, 1.807) is 0 Å². The molecule has 2 aromatic carbocycles. The van der Waals surface area contributed by atoms with Gasteiger partial charge in [-0.05, 0) is 49.8 Å². The largest absolute Gasteiger partial charge is 0.485 e. The van der Waals surface area contributed by atoms with Gasteiger partial charge in [0.1, 0.15) is 6.61 Å². The summed E-state index contributed by atoms with van der Waals surface area (Å²) < 4.78 is 11.5. The van der Waals surface area contributed by atoms with Crippen molar-refractivity contribution in [3.05, 3.63) is 53.6 Å². The normalized spacial score (nSPS) is 18.3. The minimum Gasteiger partial charge on any atom is -0.485 e. The number of hydrogen-bond donors (Lipinski definition) is 1. The van der Waals surface area contributed by atoms with Gasteiger partial charge in [-0.15, -0.1) is 0 Å². The van der Waals surface area contributed by atoms with Crippen molar-refractivity contribution in [1.82, 2.24) is 9.80 Å². The Bertz CT molecular complexity index is 925. The molecular weight excluding hydrogens is 386 g/mol. The quantitative estimate of drug-likeness (QED) is 0.767. The van der Waals surface area contributed by atoms with Crippen molar-refractivity contribution in [3.63, 3.8) is 0 Å². The van der Waals surface area contributed by atoms with E-state index in [1.165, 1.54) is 5.56 Å². The van der Waals surface area contributed by atoms with Crippen LogP contribution in [0.3, 0.4) is 0 Å². The second-order valence-corrected chi connectivity index (χ2v) is 7.81. The Morgan fingerprint density at radius 3 is 2.45 bits per heavy atom. The second-order valence-electron chi connectivity index (χ2n) is 7.43. The number of thiocarbonyl (C=S) groups is 1. The summed E-state index contributed by atoms with van der Waals surface area (Å²) in [6.07, 6.45) is -0.600. The first-order valence-corrected chi connectivity index (χ1v) is 10.2. The number of hydrogen-bond acceptors (Lipinski definition) is 4. The SMILES string of the molecule is Cc1ccc(NC(=S)N2CCN(C(=O)C3COc4ccccc4O3)CC2)c(C)c1. The molecule has 0 saturated carbocycles. The lowest BCUT2D eigenvalue weighted by Gasteiger charge is -2.38. The van der Waals surface area contributed by atoms with E-state index in [0.29, 0.717) is 42.8 Å². The Kier molecular flexibility index (Phi) is 5.58. The van der Waals surface area contributed by atoms with E-state index in [2.05, 4.69) is 42.3 Å². The van der Waals surface area contributed by atoms with Crippen LogP contribution >= 0.6 is 12.2 Å². The standard InChI is InChI=1S/C22H25N3O3S/c1-15-7-8-17(16(2)13-15)23-22(29)25-11-9-24(10-12-25)21(26)20-14-27-18-5-3-4-6-19(18)28-20/h3-8,13,20H,9-12,14H2,1-2H3,(H,23,29). The van der Waals surface area contributed by atoms with Crippen LogP contribution < -0.4 is 14.8 Å². The molecule has 0 spiro atoms. The summed E-state index contributed by atoms with van der Waals surface area (Å²) in [4.78, 5) is 16.8. The average molecular weight is 412 g/mol. The molecule has 152 valence electrons. The van der Waals surface area contributed by atoms with Gasteiger partial charge in [-0.25, -0.2) is 0 Å². The number of nitrogens with zero attached hydrogens (tertiary/aromatic N) is 2. The van der Waals surface area contributed by atoms with Crippen LogP contribution in [0.1, 0.15) is 11.1 Å². The van der Waals surface area contributed by atoms with E-state index in [9.17, 15) is 4.79 Å². The van der Waals surface area contributed by atoms with Gasteiger partial charge in [0.25, 0.3) is 5.91 Å². The van der Waals surface area contributed by atoms with Crippen LogP contribution in [0, 0.1) is 13.8 Å². The molecule has 1 N–H and O–H groups in total. The topological polar surface area (TPSA) is 54.0 Å². The van der Waals surface area contributed by atoms with Crippen molar-refractivity contribution in [2.75, 3.05) is 38.1 Å². The Balaban J connectivity index is 1.31. The lowest BCUT2D eigenvalue weighted by molar-refractivity contribution is -0.142. The average Bonchev–Trinajstić information content (AvgIpc) is 2.75. The van der Waals surface area contributed by atoms with E-state index in [1.807, 2.05) is 29.2 Å². The maximum absolute atomic E-state index is 12.9. The van der Waals surface area contributed by atoms with E-state index >= 15 is 0 Å². The fourth-order valence-electron chi connectivity index (χ4n) is 3.62. The first-order chi connectivity index (χ1) is 14.0. The highest BCUT2D eigenvalue weighted by molar-refractivity contribution is 7.80. The summed E-state index contributed by atoms with van der Waals surface area (Å²) in [6.45, 7) is 6.97. The molecule has 1 saturated heterocycles. The van der Waals surface area contributed by atoms with Crippen LogP contribution in [-0.4, -0.2) is 59.7 Å². The number of fused-ring (bicyclic) bond motifs is 1. The van der Waals surface area contributed by atoms with E-state index in [-0.39, 0.29) is 12.5 Å². The molecule has 0 radical (unpaired) electrons. The smallest absolute Gasteiger partial charge is 0.267 e. The molecular formula is C22H25N3O3S. The lowest BCUT2D eigenvalue weighted by atomic mass is 10.1. The van der Waals surface area contributed by atoms with Gasteiger partial charge in [0.05, 0.1) is 0 Å². The molecule has 29 heavy (non-hydrogen) atoms. The van der Waals surface area contributed by atoms with Gasteiger partial charge in [-0.1, -0.05) is 29.8 Å². The van der Waals surface area contributed by atoms with Gasteiger partial charge in [-0.2, -0.15) is 0 Å². The summed E-state index contributed by atoms with van der Waals surface area (Å²) in [5.41, 5.74) is 3.41. The van der Waals surface area contributed by atoms with Crippen molar-refractivity contribution in [2.24, 2.45) is 0 Å². The third-order valence-electron chi connectivity index (χ3n) is 5.29. The predicted octanol–water partition coefficient (Wildman–Crippen LogP) is 2.98. The van der Waals surface area contributed by atoms with Crippen molar-refractivity contribution in [3.8, 4) is 11.5 Å². The number of amides is 1. The third kappa shape index (κ3) is 4.29. The Morgan fingerprint density at radius 2 is 1.72 bits per heavy atom. The first-order valence-electron chi connectivity index (χ1n) is 9.82. The van der Waals surface area contributed by atoms with Gasteiger partial charge < -0.3 is 24.6 Å². The Morgan fingerprint density at radius 1 is 1.03 bits per heavy atom. The number of para-hydroxylation sites is 2. The minimum atomic E-state index is -0.600. The van der Waals surface area contributed by atoms with Crippen LogP contribution in [-0.2, 0) is 4.79 Å². The van der Waals surface area contributed by atoms with Crippen LogP contribution in [0.25, 0.3) is 0 Å². The summed E-state index contributed by atoms with van der Waals surface area (Å²) in [6, 6.07) is 13.7. The van der Waals surface area contributed by atoms with Crippen LogP contribution in [0.2, 0.25) is 0 Å². The molecule has 1 amide bonds. The van der Waals surface area contributed by atoms with Crippen LogP contribution in [0.5, 0.6) is 11.5 Å². The minimum absolute atomic E-state index is 0.0348. The monoisotopic (exact) mass is 411 g/mol. The van der Waals surface area contributed by atoms with Gasteiger partial charge in [0.15, 0.2) is 16.6 Å². The molecule has 0 aliphatic carbocycles. The molecule has 0 bridgehead atoms. The molecule has 2 heterocycles. The Hall–Kier alpha value is -2.80. The molecule has 2 aliphatic heterocycles. The van der Waals surface area contributed by atoms with Gasteiger partial charge in [0, 0.05) is 31.9 Å². The summed E-state index contributed by atoms with van der Waals surface area (Å²) in [5, 5.41) is 4.02. The molecule has 1 fully saturated rings. The number of anilines is 1. The highest BCUT2D eigenvalue weighted by Gasteiger charge is 2.33. The lowest BCUT2D eigenvalue weighted by Crippen LogP contribution is -2.55. The number of aryl methyl sites for hydroxylation is 2. The number of ether oxygens (including phenoxy) is 2. The molecule has 2 aliphatic rings. The van der Waals surface area contributed by atoms with Crippen molar-refractivity contribution >= 4 is 28.9 Å². The summed E-state index contributed by atoms with van der Waals surface area (Å²) >= 11 is 5.59. The zero-order chi connectivity index (χ0) is 20.4. The molecule has 1 unspecified atom stereocenters.